The van der Waals surface area contributed by atoms with E-state index in [1.807, 2.05) is 6.92 Å². The van der Waals surface area contributed by atoms with Gasteiger partial charge < -0.3 is 10.0 Å². The molecule has 1 amide bonds. The number of aliphatic hydroxyl groups is 1. The van der Waals surface area contributed by atoms with Crippen LogP contribution in [0.15, 0.2) is 12.1 Å². The SMILES string of the molecule is Cc1ccc(C(=O)N2CCC(O)(C(F)(F)F)CC2)s1. The summed E-state index contributed by atoms with van der Waals surface area (Å²) in [7, 11) is 0. The molecule has 0 aliphatic carbocycles. The minimum absolute atomic E-state index is 0.0776. The fourth-order valence-corrected chi connectivity index (χ4v) is 2.90. The van der Waals surface area contributed by atoms with Crippen molar-refractivity contribution in [2.75, 3.05) is 13.1 Å². The Morgan fingerprint density at radius 2 is 1.95 bits per heavy atom. The number of nitrogens with zero attached hydrogens (tertiary/aromatic N) is 1. The molecule has 1 aromatic rings. The quantitative estimate of drug-likeness (QED) is 0.864. The molecule has 0 spiro atoms. The third kappa shape index (κ3) is 2.76. The number of carbonyl (C=O) groups excluding carboxylic acids is 1. The number of likely N-dealkylation sites (tertiary alicyclic amines) is 1. The van der Waals surface area contributed by atoms with Gasteiger partial charge in [0.1, 0.15) is 0 Å². The van der Waals surface area contributed by atoms with Gasteiger partial charge in [-0.15, -0.1) is 11.3 Å². The van der Waals surface area contributed by atoms with Crippen LogP contribution in [0.1, 0.15) is 27.4 Å². The van der Waals surface area contributed by atoms with E-state index >= 15 is 0 Å². The van der Waals surface area contributed by atoms with Crippen LogP contribution in [0, 0.1) is 6.92 Å². The number of aryl methyl sites for hydroxylation is 1. The minimum atomic E-state index is -4.64. The summed E-state index contributed by atoms with van der Waals surface area (Å²) in [5, 5.41) is 9.52. The lowest BCUT2D eigenvalue weighted by molar-refractivity contribution is -0.271. The molecule has 0 bridgehead atoms. The van der Waals surface area contributed by atoms with Crippen molar-refractivity contribution in [1.29, 1.82) is 0 Å². The number of hydrogen-bond donors (Lipinski definition) is 1. The summed E-state index contributed by atoms with van der Waals surface area (Å²) in [6, 6.07) is 3.47. The Morgan fingerprint density at radius 3 is 2.37 bits per heavy atom. The van der Waals surface area contributed by atoms with E-state index in [-0.39, 0.29) is 19.0 Å². The zero-order valence-corrected chi connectivity index (χ0v) is 11.1. The molecule has 0 saturated carbocycles. The fourth-order valence-electron chi connectivity index (χ4n) is 2.07. The lowest BCUT2D eigenvalue weighted by Crippen LogP contribution is -2.54. The first-order valence-electron chi connectivity index (χ1n) is 5.88. The summed E-state index contributed by atoms with van der Waals surface area (Å²) >= 11 is 1.32. The van der Waals surface area contributed by atoms with Gasteiger partial charge in [-0.25, -0.2) is 0 Å². The van der Waals surface area contributed by atoms with Crippen LogP contribution in [-0.4, -0.2) is 40.8 Å². The van der Waals surface area contributed by atoms with Crippen LogP contribution in [0.2, 0.25) is 0 Å². The van der Waals surface area contributed by atoms with E-state index in [0.717, 1.165) is 4.88 Å². The molecule has 106 valence electrons. The Morgan fingerprint density at radius 1 is 1.37 bits per heavy atom. The Kier molecular flexibility index (Phi) is 3.61. The first-order chi connectivity index (χ1) is 8.73. The highest BCUT2D eigenvalue weighted by Gasteiger charge is 2.54. The molecule has 7 heteroatoms. The Bertz CT molecular complexity index is 476. The maximum absolute atomic E-state index is 12.6. The third-order valence-electron chi connectivity index (χ3n) is 3.36. The molecular formula is C12H14F3NO2S. The summed E-state index contributed by atoms with van der Waals surface area (Å²) in [5.74, 6) is -0.262. The Balaban J connectivity index is 2.03. The molecular weight excluding hydrogens is 279 g/mol. The smallest absolute Gasteiger partial charge is 0.380 e. The predicted octanol–water partition coefficient (Wildman–Crippen LogP) is 2.59. The van der Waals surface area contributed by atoms with Crippen molar-refractivity contribution in [2.45, 2.75) is 31.5 Å². The lowest BCUT2D eigenvalue weighted by Gasteiger charge is -2.38. The van der Waals surface area contributed by atoms with Crippen molar-refractivity contribution in [3.63, 3.8) is 0 Å². The van der Waals surface area contributed by atoms with Crippen LogP contribution < -0.4 is 0 Å². The molecule has 19 heavy (non-hydrogen) atoms. The summed E-state index contributed by atoms with van der Waals surface area (Å²) in [6.45, 7) is 1.71. The van der Waals surface area contributed by atoms with E-state index in [0.29, 0.717) is 4.88 Å². The third-order valence-corrected chi connectivity index (χ3v) is 4.35. The second-order valence-electron chi connectivity index (χ2n) is 4.73. The molecule has 1 N–H and O–H groups in total. The van der Waals surface area contributed by atoms with Gasteiger partial charge in [0, 0.05) is 30.8 Å². The first-order valence-corrected chi connectivity index (χ1v) is 6.69. The van der Waals surface area contributed by atoms with E-state index < -0.39 is 24.6 Å². The largest absolute Gasteiger partial charge is 0.417 e. The van der Waals surface area contributed by atoms with Gasteiger partial charge in [0.25, 0.3) is 5.91 Å². The monoisotopic (exact) mass is 293 g/mol. The molecule has 0 radical (unpaired) electrons. The zero-order valence-electron chi connectivity index (χ0n) is 10.3. The highest BCUT2D eigenvalue weighted by Crippen LogP contribution is 2.38. The van der Waals surface area contributed by atoms with E-state index in [1.165, 1.54) is 16.2 Å². The van der Waals surface area contributed by atoms with Crippen LogP contribution in [0.3, 0.4) is 0 Å². The van der Waals surface area contributed by atoms with Crippen molar-refractivity contribution < 1.29 is 23.1 Å². The summed E-state index contributed by atoms with van der Waals surface area (Å²) in [6.07, 6.45) is -5.57. The van der Waals surface area contributed by atoms with Crippen LogP contribution in [0.25, 0.3) is 0 Å². The molecule has 2 rings (SSSR count). The summed E-state index contributed by atoms with van der Waals surface area (Å²) < 4.78 is 37.9. The molecule has 0 unspecified atom stereocenters. The highest BCUT2D eigenvalue weighted by atomic mass is 32.1. The van der Waals surface area contributed by atoms with Crippen LogP contribution in [-0.2, 0) is 0 Å². The molecule has 1 aliphatic rings. The van der Waals surface area contributed by atoms with Gasteiger partial charge >= 0.3 is 6.18 Å². The Labute approximate surface area is 112 Å². The molecule has 1 fully saturated rings. The fraction of sp³-hybridized carbons (Fsp3) is 0.583. The van der Waals surface area contributed by atoms with Gasteiger partial charge in [0.05, 0.1) is 4.88 Å². The van der Waals surface area contributed by atoms with Gasteiger partial charge in [-0.3, -0.25) is 4.79 Å². The minimum Gasteiger partial charge on any atom is -0.380 e. The van der Waals surface area contributed by atoms with E-state index in [4.69, 9.17) is 0 Å². The second kappa shape index (κ2) is 4.79. The van der Waals surface area contributed by atoms with Crippen LogP contribution in [0.4, 0.5) is 13.2 Å². The number of thiophene rings is 1. The van der Waals surface area contributed by atoms with Gasteiger partial charge in [-0.1, -0.05) is 0 Å². The summed E-state index contributed by atoms with van der Waals surface area (Å²) in [5.41, 5.74) is -2.66. The molecule has 2 heterocycles. The first kappa shape index (κ1) is 14.3. The average molecular weight is 293 g/mol. The normalized spacial score (nSPS) is 19.5. The predicted molar refractivity (Wildman–Crippen MR) is 65.2 cm³/mol. The van der Waals surface area contributed by atoms with E-state index in [9.17, 15) is 23.1 Å². The van der Waals surface area contributed by atoms with E-state index in [2.05, 4.69) is 0 Å². The maximum Gasteiger partial charge on any atom is 0.417 e. The highest BCUT2D eigenvalue weighted by molar-refractivity contribution is 7.13. The molecule has 1 aliphatic heterocycles. The Hall–Kier alpha value is -1.08. The van der Waals surface area contributed by atoms with E-state index in [1.54, 1.807) is 12.1 Å². The van der Waals surface area contributed by atoms with Gasteiger partial charge in [-0.2, -0.15) is 13.2 Å². The molecule has 1 saturated heterocycles. The number of piperidine rings is 1. The van der Waals surface area contributed by atoms with Crippen molar-refractivity contribution >= 4 is 17.2 Å². The molecule has 3 nitrogen and oxygen atoms in total. The number of hydrogen-bond acceptors (Lipinski definition) is 3. The number of alkyl halides is 3. The van der Waals surface area contributed by atoms with Crippen LogP contribution >= 0.6 is 11.3 Å². The molecule has 0 atom stereocenters. The average Bonchev–Trinajstić information content (AvgIpc) is 2.74. The van der Waals surface area contributed by atoms with Crippen molar-refractivity contribution in [2.24, 2.45) is 0 Å². The number of rotatable bonds is 1. The number of halogens is 3. The van der Waals surface area contributed by atoms with Crippen molar-refractivity contribution in [3.8, 4) is 0 Å². The maximum atomic E-state index is 12.6. The number of carbonyl (C=O) groups is 1. The van der Waals surface area contributed by atoms with Gasteiger partial charge in [0.15, 0.2) is 5.60 Å². The summed E-state index contributed by atoms with van der Waals surface area (Å²) in [4.78, 5) is 14.9. The van der Waals surface area contributed by atoms with Crippen LogP contribution in [0.5, 0.6) is 0 Å². The van der Waals surface area contributed by atoms with Crippen molar-refractivity contribution in [1.82, 2.24) is 4.90 Å². The van der Waals surface area contributed by atoms with Crippen molar-refractivity contribution in [3.05, 3.63) is 21.9 Å². The number of amides is 1. The zero-order chi connectivity index (χ0) is 14.3. The topological polar surface area (TPSA) is 40.5 Å². The lowest BCUT2D eigenvalue weighted by atomic mass is 9.91. The molecule has 1 aromatic heterocycles. The second-order valence-corrected chi connectivity index (χ2v) is 6.02. The molecule has 0 aromatic carbocycles. The standard InChI is InChI=1S/C12H14F3NO2S/c1-8-2-3-9(19-8)10(17)16-6-4-11(18,5-7-16)12(13,14)15/h2-3,18H,4-7H2,1H3. The van der Waals surface area contributed by atoms with Gasteiger partial charge in [-0.05, 0) is 19.1 Å². The van der Waals surface area contributed by atoms with Gasteiger partial charge in [0.2, 0.25) is 0 Å².